The van der Waals surface area contributed by atoms with Gasteiger partial charge in [0.2, 0.25) is 0 Å². The van der Waals surface area contributed by atoms with Crippen LogP contribution < -0.4 is 0 Å². The van der Waals surface area contributed by atoms with Gasteiger partial charge in [-0.05, 0) is 69.5 Å². The average molecular weight is 388 g/mol. The Hall–Kier alpha value is -3.21. The summed E-state index contributed by atoms with van der Waals surface area (Å²) in [6.45, 7) is 13.0. The van der Waals surface area contributed by atoms with E-state index in [9.17, 15) is 0 Å². The normalized spacial score (nSPS) is 12.6. The summed E-state index contributed by atoms with van der Waals surface area (Å²) in [5.41, 5.74) is 7.36. The molecule has 2 heterocycles. The molecular weight excluding hydrogens is 358 g/mol. The van der Waals surface area contributed by atoms with E-state index in [0.29, 0.717) is 0 Å². The van der Waals surface area contributed by atoms with Crippen molar-refractivity contribution in [2.24, 2.45) is 4.99 Å². The summed E-state index contributed by atoms with van der Waals surface area (Å²) in [6, 6.07) is 8.38. The summed E-state index contributed by atoms with van der Waals surface area (Å²) in [7, 11) is 0. The molecule has 0 saturated heterocycles. The number of rotatable bonds is 8. The van der Waals surface area contributed by atoms with Crippen LogP contribution in [0.1, 0.15) is 50.5 Å². The Kier molecular flexibility index (Phi) is 6.60. The molecule has 0 aliphatic rings. The van der Waals surface area contributed by atoms with Gasteiger partial charge in [0.05, 0.1) is 22.4 Å². The summed E-state index contributed by atoms with van der Waals surface area (Å²) in [6.07, 6.45) is 9.52. The average Bonchev–Trinajstić information content (AvgIpc) is 3.32. The molecule has 3 aromatic rings. The van der Waals surface area contributed by atoms with Gasteiger partial charge < -0.3 is 4.98 Å². The molecule has 3 rings (SSSR count). The second-order valence-electron chi connectivity index (χ2n) is 7.11. The van der Waals surface area contributed by atoms with Crippen LogP contribution in [0.15, 0.2) is 48.0 Å². The highest BCUT2D eigenvalue weighted by Crippen LogP contribution is 2.20. The molecule has 1 N–H and O–H groups in total. The Balaban J connectivity index is 1.75. The van der Waals surface area contributed by atoms with E-state index in [1.165, 1.54) is 0 Å². The van der Waals surface area contributed by atoms with Crippen LogP contribution in [0.4, 0.5) is 0 Å². The maximum absolute atomic E-state index is 4.76. The van der Waals surface area contributed by atoms with E-state index in [-0.39, 0.29) is 0 Å². The first-order valence-electron chi connectivity index (χ1n) is 10.0. The van der Waals surface area contributed by atoms with E-state index in [0.717, 1.165) is 64.5 Å². The van der Waals surface area contributed by atoms with Crippen molar-refractivity contribution in [3.05, 3.63) is 65.8 Å². The molecule has 0 spiro atoms. The second-order valence-corrected chi connectivity index (χ2v) is 7.11. The van der Waals surface area contributed by atoms with Crippen molar-refractivity contribution in [2.45, 2.75) is 40.5 Å². The highest BCUT2D eigenvalue weighted by molar-refractivity contribution is 5.82. The Labute approximate surface area is 172 Å². The SMILES string of the molecule is C=C(C)c1cc(CCc2nc3cc(/C=C\C=N/CC)ccc3[nH]2)nn1/C(C)=C\C. The number of hydrogen-bond donors (Lipinski definition) is 1. The number of allylic oxidation sites excluding steroid dienone is 4. The van der Waals surface area contributed by atoms with Crippen LogP contribution in [0.2, 0.25) is 0 Å². The number of nitrogens with zero attached hydrogens (tertiary/aromatic N) is 4. The molecule has 0 bridgehead atoms. The van der Waals surface area contributed by atoms with Gasteiger partial charge in [-0.3, -0.25) is 4.99 Å². The fraction of sp³-hybridized carbons (Fsp3) is 0.292. The van der Waals surface area contributed by atoms with E-state index in [1.807, 2.05) is 43.8 Å². The first-order chi connectivity index (χ1) is 14.0. The highest BCUT2D eigenvalue weighted by Gasteiger charge is 2.11. The van der Waals surface area contributed by atoms with Gasteiger partial charge in [-0.1, -0.05) is 24.8 Å². The Bertz CT molecular complexity index is 1090. The lowest BCUT2D eigenvalue weighted by Gasteiger charge is -2.05. The minimum absolute atomic E-state index is 0.798. The third kappa shape index (κ3) is 4.99. The van der Waals surface area contributed by atoms with Crippen LogP contribution >= 0.6 is 0 Å². The second kappa shape index (κ2) is 9.32. The Morgan fingerprint density at radius 1 is 1.24 bits per heavy atom. The van der Waals surface area contributed by atoms with Crippen LogP contribution in [0.25, 0.3) is 28.4 Å². The summed E-state index contributed by atoms with van der Waals surface area (Å²) < 4.78 is 1.97. The van der Waals surface area contributed by atoms with Crippen LogP contribution in [0.3, 0.4) is 0 Å². The zero-order valence-corrected chi connectivity index (χ0v) is 17.7. The topological polar surface area (TPSA) is 58.9 Å². The van der Waals surface area contributed by atoms with Crippen molar-refractivity contribution in [3.8, 4) is 0 Å². The van der Waals surface area contributed by atoms with Gasteiger partial charge in [0.15, 0.2) is 0 Å². The van der Waals surface area contributed by atoms with Crippen LogP contribution in [0.5, 0.6) is 0 Å². The number of benzene rings is 1. The number of imidazole rings is 1. The molecule has 0 amide bonds. The van der Waals surface area contributed by atoms with E-state index >= 15 is 0 Å². The summed E-state index contributed by atoms with van der Waals surface area (Å²) in [4.78, 5) is 12.4. The lowest BCUT2D eigenvalue weighted by atomic mass is 10.2. The minimum Gasteiger partial charge on any atom is -0.342 e. The van der Waals surface area contributed by atoms with Crippen molar-refractivity contribution in [1.82, 2.24) is 19.7 Å². The first-order valence-corrected chi connectivity index (χ1v) is 10.0. The molecule has 0 aliphatic carbocycles. The van der Waals surface area contributed by atoms with E-state index in [1.54, 1.807) is 0 Å². The summed E-state index contributed by atoms with van der Waals surface area (Å²) >= 11 is 0. The van der Waals surface area contributed by atoms with Crippen molar-refractivity contribution < 1.29 is 0 Å². The quantitative estimate of drug-likeness (QED) is 0.514. The van der Waals surface area contributed by atoms with Crippen molar-refractivity contribution in [2.75, 3.05) is 6.54 Å². The molecular formula is C24H29N5. The number of nitrogens with one attached hydrogen (secondary N) is 1. The van der Waals surface area contributed by atoms with E-state index in [4.69, 9.17) is 10.1 Å². The smallest absolute Gasteiger partial charge is 0.107 e. The largest absolute Gasteiger partial charge is 0.342 e. The molecule has 150 valence electrons. The van der Waals surface area contributed by atoms with Gasteiger partial charge in [0.25, 0.3) is 0 Å². The van der Waals surface area contributed by atoms with E-state index < -0.39 is 0 Å². The van der Waals surface area contributed by atoms with Gasteiger partial charge in [-0.15, -0.1) is 0 Å². The Morgan fingerprint density at radius 2 is 2.07 bits per heavy atom. The fourth-order valence-corrected chi connectivity index (χ4v) is 3.11. The molecule has 5 heteroatoms. The number of fused-ring (bicyclic) bond motifs is 1. The number of aromatic amines is 1. The first kappa shape index (κ1) is 20.5. The number of aliphatic imine (C=N–C) groups is 1. The maximum atomic E-state index is 4.76. The molecule has 1 aromatic carbocycles. The standard InChI is InChI=1S/C24H29N5/c1-6-18(5)29-23(17(3)4)16-20(28-29)11-13-24-26-21-12-10-19(15-22(21)27-24)9-8-14-25-7-2/h6,8-10,12,14-16H,3,7,11,13H2,1-2,4-5H3,(H,26,27)/b9-8-,18-6-,25-14-. The molecule has 0 saturated carbocycles. The molecule has 2 aromatic heterocycles. The fourth-order valence-electron chi connectivity index (χ4n) is 3.11. The molecule has 5 nitrogen and oxygen atoms in total. The van der Waals surface area contributed by atoms with Crippen molar-refractivity contribution >= 4 is 34.6 Å². The zero-order valence-electron chi connectivity index (χ0n) is 17.7. The van der Waals surface area contributed by atoms with Gasteiger partial charge in [0.1, 0.15) is 5.82 Å². The van der Waals surface area contributed by atoms with Gasteiger partial charge in [-0.2, -0.15) is 5.10 Å². The zero-order chi connectivity index (χ0) is 20.8. The maximum Gasteiger partial charge on any atom is 0.107 e. The van der Waals surface area contributed by atoms with Gasteiger partial charge in [0, 0.05) is 24.9 Å². The monoisotopic (exact) mass is 387 g/mol. The number of aryl methyl sites for hydroxylation is 2. The van der Waals surface area contributed by atoms with Crippen LogP contribution in [-0.4, -0.2) is 32.5 Å². The third-order valence-electron chi connectivity index (χ3n) is 4.79. The number of hydrogen-bond acceptors (Lipinski definition) is 3. The molecule has 0 unspecified atom stereocenters. The summed E-state index contributed by atoms with van der Waals surface area (Å²) in [5, 5.41) is 4.76. The number of H-pyrrole nitrogens is 1. The van der Waals surface area contributed by atoms with E-state index in [2.05, 4.69) is 53.8 Å². The third-order valence-corrected chi connectivity index (χ3v) is 4.79. The predicted molar refractivity (Wildman–Crippen MR) is 124 cm³/mol. The minimum atomic E-state index is 0.798. The van der Waals surface area contributed by atoms with Gasteiger partial charge >= 0.3 is 0 Å². The van der Waals surface area contributed by atoms with Crippen LogP contribution in [-0.2, 0) is 12.8 Å². The molecule has 0 radical (unpaired) electrons. The molecule has 29 heavy (non-hydrogen) atoms. The molecule has 0 fully saturated rings. The lowest BCUT2D eigenvalue weighted by molar-refractivity contribution is 0.803. The van der Waals surface area contributed by atoms with Crippen molar-refractivity contribution in [1.29, 1.82) is 0 Å². The van der Waals surface area contributed by atoms with Crippen molar-refractivity contribution in [3.63, 3.8) is 0 Å². The molecule has 0 atom stereocenters. The highest BCUT2D eigenvalue weighted by atomic mass is 15.3. The van der Waals surface area contributed by atoms with Gasteiger partial charge in [-0.25, -0.2) is 9.67 Å². The summed E-state index contributed by atoms with van der Waals surface area (Å²) in [5.74, 6) is 0.975. The predicted octanol–water partition coefficient (Wildman–Crippen LogP) is 5.56. The lowest BCUT2D eigenvalue weighted by Crippen LogP contribution is -2.01. The Morgan fingerprint density at radius 3 is 2.79 bits per heavy atom. The van der Waals surface area contributed by atoms with Crippen LogP contribution in [0, 0.1) is 0 Å². The molecule has 0 aliphatic heterocycles. The number of aromatic nitrogens is 4.